The van der Waals surface area contributed by atoms with Crippen LogP contribution in [0.25, 0.3) is 0 Å². The lowest BCUT2D eigenvalue weighted by atomic mass is 9.46. The van der Waals surface area contributed by atoms with Crippen molar-refractivity contribution in [2.24, 2.45) is 23.2 Å². The molecule has 0 radical (unpaired) electrons. The molecule has 0 spiro atoms. The number of aliphatic hydroxyl groups is 2. The Hall–Kier alpha value is -2.19. The topological polar surface area (TPSA) is 134 Å². The van der Waals surface area contributed by atoms with E-state index >= 15 is 0 Å². The number of carbonyl (C=O) groups excluding carboxylic acids is 2. The van der Waals surface area contributed by atoms with Crippen LogP contribution in [0.15, 0.2) is 23.0 Å². The van der Waals surface area contributed by atoms with Crippen LogP contribution in [0.2, 0.25) is 0 Å². The minimum absolute atomic E-state index is 0.0599. The van der Waals surface area contributed by atoms with Gasteiger partial charge in [0.05, 0.1) is 30.5 Å². The predicted octanol–water partition coefficient (Wildman–Crippen LogP) is 1.07. The molecule has 27 heavy (non-hydrogen) atoms. The van der Waals surface area contributed by atoms with E-state index in [1.165, 1.54) is 12.5 Å². The second kappa shape index (κ2) is 5.90. The molecule has 3 fully saturated rings. The molecular formula is C19H22O8. The molecule has 2 aliphatic carbocycles. The highest BCUT2D eigenvalue weighted by Gasteiger charge is 2.69. The van der Waals surface area contributed by atoms with Gasteiger partial charge >= 0.3 is 11.9 Å². The molecule has 8 heteroatoms. The zero-order chi connectivity index (χ0) is 19.6. The Morgan fingerprint density at radius 1 is 1.30 bits per heavy atom. The number of carbonyl (C=O) groups is 3. The van der Waals surface area contributed by atoms with Crippen LogP contribution in [0.4, 0.5) is 0 Å². The lowest BCUT2D eigenvalue weighted by Crippen LogP contribution is -2.69. The number of furan rings is 1. The van der Waals surface area contributed by atoms with Crippen LogP contribution in [-0.4, -0.2) is 44.7 Å². The quantitative estimate of drug-likeness (QED) is 0.651. The average molecular weight is 378 g/mol. The molecule has 146 valence electrons. The van der Waals surface area contributed by atoms with Crippen LogP contribution >= 0.6 is 0 Å². The van der Waals surface area contributed by atoms with E-state index < -0.39 is 58.7 Å². The molecule has 8 nitrogen and oxygen atoms in total. The monoisotopic (exact) mass is 378 g/mol. The van der Waals surface area contributed by atoms with Crippen LogP contribution in [0.3, 0.4) is 0 Å². The van der Waals surface area contributed by atoms with Crippen molar-refractivity contribution in [3.8, 4) is 0 Å². The smallest absolute Gasteiger partial charge is 0.310 e. The summed E-state index contributed by atoms with van der Waals surface area (Å²) in [5.74, 6) is -5.56. The number of rotatable bonds is 2. The van der Waals surface area contributed by atoms with Crippen LogP contribution in [-0.2, 0) is 19.1 Å². The molecule has 3 N–H and O–H groups in total. The summed E-state index contributed by atoms with van der Waals surface area (Å²) in [6, 6.07) is 1.68. The third-order valence-electron chi connectivity index (χ3n) is 6.89. The summed E-state index contributed by atoms with van der Waals surface area (Å²) in [6.07, 6.45) is 1.26. The Balaban J connectivity index is 1.79. The predicted molar refractivity (Wildman–Crippen MR) is 88.2 cm³/mol. The van der Waals surface area contributed by atoms with Gasteiger partial charge in [-0.25, -0.2) is 0 Å². The lowest BCUT2D eigenvalue weighted by molar-refractivity contribution is -0.227. The Morgan fingerprint density at radius 3 is 2.67 bits per heavy atom. The van der Waals surface area contributed by atoms with Gasteiger partial charge in [-0.15, -0.1) is 0 Å². The number of esters is 1. The highest BCUT2D eigenvalue weighted by Crippen LogP contribution is 2.61. The first kappa shape index (κ1) is 18.2. The van der Waals surface area contributed by atoms with Gasteiger partial charge in [0.2, 0.25) is 0 Å². The van der Waals surface area contributed by atoms with Gasteiger partial charge in [-0.2, -0.15) is 0 Å². The first-order chi connectivity index (χ1) is 12.7. The summed E-state index contributed by atoms with van der Waals surface area (Å²) < 4.78 is 10.6. The van der Waals surface area contributed by atoms with E-state index in [0.717, 1.165) is 0 Å². The fourth-order valence-corrected chi connectivity index (χ4v) is 5.46. The molecule has 4 rings (SSSR count). The molecule has 3 aliphatic rings. The highest BCUT2D eigenvalue weighted by molar-refractivity contribution is 5.97. The second-order valence-corrected chi connectivity index (χ2v) is 8.27. The highest BCUT2D eigenvalue weighted by atomic mass is 16.5. The summed E-state index contributed by atoms with van der Waals surface area (Å²) in [5, 5.41) is 31.2. The Kier molecular flexibility index (Phi) is 3.98. The fourth-order valence-electron chi connectivity index (χ4n) is 5.46. The lowest BCUT2D eigenvalue weighted by Gasteiger charge is -2.59. The summed E-state index contributed by atoms with van der Waals surface area (Å²) in [4.78, 5) is 37.3. The first-order valence-electron chi connectivity index (χ1n) is 9.07. The maximum atomic E-state index is 12.8. The van der Waals surface area contributed by atoms with Gasteiger partial charge in [0.15, 0.2) is 5.78 Å². The molecule has 2 saturated carbocycles. The molecule has 0 bridgehead atoms. The van der Waals surface area contributed by atoms with Crippen molar-refractivity contribution in [1.29, 1.82) is 0 Å². The van der Waals surface area contributed by atoms with Gasteiger partial charge in [-0.3, -0.25) is 14.4 Å². The molecule has 1 aromatic rings. The van der Waals surface area contributed by atoms with E-state index in [1.807, 2.05) is 0 Å². The molecule has 0 unspecified atom stereocenters. The van der Waals surface area contributed by atoms with E-state index in [2.05, 4.69) is 0 Å². The normalized spacial score (nSPS) is 44.2. The molecular weight excluding hydrogens is 356 g/mol. The van der Waals surface area contributed by atoms with Gasteiger partial charge in [-0.1, -0.05) is 6.92 Å². The Bertz CT molecular complexity index is 786. The summed E-state index contributed by atoms with van der Waals surface area (Å²) in [7, 11) is 0. The van der Waals surface area contributed by atoms with E-state index in [0.29, 0.717) is 12.0 Å². The van der Waals surface area contributed by atoms with Gasteiger partial charge in [0.25, 0.3) is 0 Å². The minimum atomic E-state index is -2.10. The van der Waals surface area contributed by atoms with E-state index in [1.54, 1.807) is 13.0 Å². The maximum Gasteiger partial charge on any atom is 0.310 e. The molecule has 1 saturated heterocycles. The van der Waals surface area contributed by atoms with Crippen LogP contribution < -0.4 is 0 Å². The number of hydrogen-bond acceptors (Lipinski definition) is 7. The van der Waals surface area contributed by atoms with E-state index in [9.17, 15) is 29.7 Å². The maximum absolute atomic E-state index is 12.8. The summed E-state index contributed by atoms with van der Waals surface area (Å²) in [5.41, 5.74) is -2.33. The number of hydrogen-bond donors (Lipinski definition) is 3. The SMILES string of the molecule is C[C@@]12C[C@@H](c3ccoc3)OC(=O)[C@H]1CC(=O)[C@]1(O)[C@H](C(=O)O)C[C@H](O)C[C@@H]21. The number of Topliss-reactive ketones (excluding diaryl/α,β-unsaturated/α-hetero) is 1. The number of cyclic esters (lactones) is 1. The van der Waals surface area contributed by atoms with Crippen LogP contribution in [0.5, 0.6) is 0 Å². The fraction of sp³-hybridized carbons (Fsp3) is 0.632. The zero-order valence-corrected chi connectivity index (χ0v) is 14.8. The number of fused-ring (bicyclic) bond motifs is 3. The Labute approximate surface area is 155 Å². The largest absolute Gasteiger partial charge is 0.481 e. The van der Waals surface area contributed by atoms with E-state index in [-0.39, 0.29) is 19.3 Å². The number of ether oxygens (including phenoxy) is 1. The third-order valence-corrected chi connectivity index (χ3v) is 6.89. The molecule has 1 aliphatic heterocycles. The van der Waals surface area contributed by atoms with Crippen molar-refractivity contribution in [3.63, 3.8) is 0 Å². The molecule has 7 atom stereocenters. The summed E-state index contributed by atoms with van der Waals surface area (Å²) >= 11 is 0. The number of carboxylic acid groups (broad SMARTS) is 1. The minimum Gasteiger partial charge on any atom is -0.481 e. The van der Waals surface area contributed by atoms with Crippen molar-refractivity contribution in [1.82, 2.24) is 0 Å². The summed E-state index contributed by atoms with van der Waals surface area (Å²) in [6.45, 7) is 1.78. The standard InChI is InChI=1S/C19H22O8/c1-18-7-13(9-2-3-26-8-9)27-17(24)12(18)6-15(21)19(25)11(16(22)23)4-10(20)5-14(18)19/h2-3,8,10-14,20,25H,4-7H2,1H3,(H,22,23)/t10-,11-,12+,13-,14-,18+,19-/m0/s1. The van der Waals surface area contributed by atoms with Gasteiger partial charge in [0.1, 0.15) is 11.7 Å². The molecule has 2 heterocycles. The third kappa shape index (κ3) is 2.46. The van der Waals surface area contributed by atoms with Gasteiger partial charge in [-0.05, 0) is 30.7 Å². The number of carboxylic acids is 1. The van der Waals surface area contributed by atoms with Crippen molar-refractivity contribution in [2.45, 2.75) is 50.4 Å². The van der Waals surface area contributed by atoms with Crippen molar-refractivity contribution in [2.75, 3.05) is 0 Å². The Morgan fingerprint density at radius 2 is 2.04 bits per heavy atom. The van der Waals surface area contributed by atoms with Crippen molar-refractivity contribution in [3.05, 3.63) is 24.2 Å². The van der Waals surface area contributed by atoms with Gasteiger partial charge in [0, 0.05) is 17.9 Å². The molecule has 0 amide bonds. The van der Waals surface area contributed by atoms with E-state index in [4.69, 9.17) is 9.15 Å². The number of aliphatic carboxylic acids is 1. The van der Waals surface area contributed by atoms with Crippen molar-refractivity contribution < 1.29 is 38.9 Å². The van der Waals surface area contributed by atoms with Crippen molar-refractivity contribution >= 4 is 17.7 Å². The average Bonchev–Trinajstić information content (AvgIpc) is 3.13. The first-order valence-corrected chi connectivity index (χ1v) is 9.07. The number of ketones is 1. The van der Waals surface area contributed by atoms with Gasteiger partial charge < -0.3 is 24.5 Å². The molecule has 0 aromatic carbocycles. The zero-order valence-electron chi connectivity index (χ0n) is 14.8. The molecule has 1 aromatic heterocycles. The van der Waals surface area contributed by atoms with Crippen LogP contribution in [0.1, 0.15) is 44.3 Å². The number of aliphatic hydroxyl groups excluding tert-OH is 1. The second-order valence-electron chi connectivity index (χ2n) is 8.27. The van der Waals surface area contributed by atoms with Crippen LogP contribution in [0, 0.1) is 23.2 Å².